The molecule has 24 heavy (non-hydrogen) atoms. The Kier molecular flexibility index (Phi) is 4.20. The smallest absolute Gasteiger partial charge is 0.254 e. The summed E-state index contributed by atoms with van der Waals surface area (Å²) in [5, 5.41) is 0. The Morgan fingerprint density at radius 1 is 1.29 bits per heavy atom. The summed E-state index contributed by atoms with van der Waals surface area (Å²) in [4.78, 5) is 32.5. The van der Waals surface area contributed by atoms with Gasteiger partial charge in [-0.1, -0.05) is 18.2 Å². The van der Waals surface area contributed by atoms with E-state index in [0.29, 0.717) is 17.9 Å². The minimum absolute atomic E-state index is 0.0521. The number of piperazine rings is 1. The Balaban J connectivity index is 1.82. The van der Waals surface area contributed by atoms with Crippen molar-refractivity contribution >= 4 is 23.3 Å². The molecule has 3 rings (SSSR count). The number of nitrogens with two attached hydrogens (primary N) is 1. The zero-order valence-corrected chi connectivity index (χ0v) is 13.8. The first-order valence-electron chi connectivity index (χ1n) is 7.86. The molecule has 2 aromatic rings. The summed E-state index contributed by atoms with van der Waals surface area (Å²) in [5.74, 6) is 0.00513. The van der Waals surface area contributed by atoms with Gasteiger partial charge in [-0.05, 0) is 37.6 Å². The van der Waals surface area contributed by atoms with E-state index in [1.54, 1.807) is 15.9 Å². The maximum absolute atomic E-state index is 12.7. The van der Waals surface area contributed by atoms with Crippen LogP contribution in [0.4, 0.5) is 11.5 Å². The molecule has 1 aliphatic rings. The molecule has 1 saturated heterocycles. The Morgan fingerprint density at radius 3 is 2.75 bits per heavy atom. The van der Waals surface area contributed by atoms with Gasteiger partial charge in [0.15, 0.2) is 0 Å². The van der Waals surface area contributed by atoms with Gasteiger partial charge in [0.2, 0.25) is 5.91 Å². The summed E-state index contributed by atoms with van der Waals surface area (Å²) in [6.45, 7) is 4.44. The van der Waals surface area contributed by atoms with E-state index < -0.39 is 0 Å². The fraction of sp³-hybridized carbons (Fsp3) is 0.278. The van der Waals surface area contributed by atoms with Gasteiger partial charge in [0.05, 0.1) is 0 Å². The molecule has 1 atom stereocenters. The Hall–Kier alpha value is -2.89. The standard InChI is InChI=1S/C18H20N4O2/c1-12-5-3-4-6-15(12)22-10-13(2)21(11-17(22)23)18(24)14-7-8-20-16(19)9-14/h3-9,13H,10-11H2,1-2H3,(H2,19,20). The fourth-order valence-corrected chi connectivity index (χ4v) is 2.97. The van der Waals surface area contributed by atoms with E-state index in [1.807, 2.05) is 38.1 Å². The number of aromatic nitrogens is 1. The quantitative estimate of drug-likeness (QED) is 0.914. The highest BCUT2D eigenvalue weighted by Gasteiger charge is 2.34. The van der Waals surface area contributed by atoms with Gasteiger partial charge in [-0.25, -0.2) is 4.98 Å². The van der Waals surface area contributed by atoms with Crippen LogP contribution in [0.15, 0.2) is 42.6 Å². The fourth-order valence-electron chi connectivity index (χ4n) is 2.97. The summed E-state index contributed by atoms with van der Waals surface area (Å²) >= 11 is 0. The molecule has 2 amide bonds. The van der Waals surface area contributed by atoms with Crippen LogP contribution in [0, 0.1) is 6.92 Å². The van der Waals surface area contributed by atoms with Crippen LogP contribution in [0.2, 0.25) is 0 Å². The maximum Gasteiger partial charge on any atom is 0.254 e. The van der Waals surface area contributed by atoms with Gasteiger partial charge in [0, 0.05) is 30.0 Å². The molecule has 1 fully saturated rings. The van der Waals surface area contributed by atoms with Gasteiger partial charge >= 0.3 is 0 Å². The molecule has 0 saturated carbocycles. The molecule has 6 heteroatoms. The van der Waals surface area contributed by atoms with Gasteiger partial charge in [-0.15, -0.1) is 0 Å². The molecule has 1 unspecified atom stereocenters. The highest BCUT2D eigenvalue weighted by Crippen LogP contribution is 2.24. The van der Waals surface area contributed by atoms with Crippen molar-refractivity contribution < 1.29 is 9.59 Å². The second-order valence-electron chi connectivity index (χ2n) is 6.04. The number of para-hydroxylation sites is 1. The SMILES string of the molecule is Cc1ccccc1N1CC(C)N(C(=O)c2ccnc(N)c2)CC1=O. The van der Waals surface area contributed by atoms with Crippen LogP contribution in [0.25, 0.3) is 0 Å². The third-order valence-corrected chi connectivity index (χ3v) is 4.28. The summed E-state index contributed by atoms with van der Waals surface area (Å²) < 4.78 is 0. The third kappa shape index (κ3) is 2.95. The van der Waals surface area contributed by atoms with Crippen molar-refractivity contribution in [3.8, 4) is 0 Å². The second kappa shape index (κ2) is 6.31. The summed E-state index contributed by atoms with van der Waals surface area (Å²) in [7, 11) is 0. The number of aryl methyl sites for hydroxylation is 1. The van der Waals surface area contributed by atoms with E-state index in [2.05, 4.69) is 4.98 Å². The molecule has 1 aliphatic heterocycles. The zero-order chi connectivity index (χ0) is 17.3. The van der Waals surface area contributed by atoms with Crippen LogP contribution >= 0.6 is 0 Å². The van der Waals surface area contributed by atoms with Crippen molar-refractivity contribution in [2.45, 2.75) is 19.9 Å². The lowest BCUT2D eigenvalue weighted by molar-refractivity contribution is -0.121. The number of rotatable bonds is 2. The minimum atomic E-state index is -0.200. The van der Waals surface area contributed by atoms with E-state index in [4.69, 9.17) is 5.73 Å². The van der Waals surface area contributed by atoms with Gasteiger partial charge in [0.25, 0.3) is 5.91 Å². The van der Waals surface area contributed by atoms with E-state index in [0.717, 1.165) is 11.3 Å². The molecule has 2 heterocycles. The molecule has 0 bridgehead atoms. The normalized spacial score (nSPS) is 17.9. The molecule has 0 aliphatic carbocycles. The lowest BCUT2D eigenvalue weighted by Crippen LogP contribution is -2.57. The topological polar surface area (TPSA) is 79.5 Å². The lowest BCUT2D eigenvalue weighted by Gasteiger charge is -2.39. The van der Waals surface area contributed by atoms with Crippen molar-refractivity contribution in [1.82, 2.24) is 9.88 Å². The Bertz CT molecular complexity index is 790. The number of pyridine rings is 1. The molecule has 1 aromatic carbocycles. The van der Waals surface area contributed by atoms with Crippen molar-refractivity contribution in [3.63, 3.8) is 0 Å². The van der Waals surface area contributed by atoms with Crippen molar-refractivity contribution in [2.75, 3.05) is 23.7 Å². The first-order valence-corrected chi connectivity index (χ1v) is 7.86. The van der Waals surface area contributed by atoms with E-state index in [9.17, 15) is 9.59 Å². The Labute approximate surface area is 140 Å². The Morgan fingerprint density at radius 2 is 2.04 bits per heavy atom. The van der Waals surface area contributed by atoms with Crippen LogP contribution in [0.1, 0.15) is 22.8 Å². The number of amides is 2. The summed E-state index contributed by atoms with van der Waals surface area (Å²) in [6, 6.07) is 10.8. The zero-order valence-electron chi connectivity index (χ0n) is 13.8. The number of hydrogen-bond donors (Lipinski definition) is 1. The van der Waals surface area contributed by atoms with Gasteiger partial charge in [-0.3, -0.25) is 9.59 Å². The molecule has 124 valence electrons. The number of carbonyl (C=O) groups is 2. The van der Waals surface area contributed by atoms with Crippen molar-refractivity contribution in [2.24, 2.45) is 0 Å². The van der Waals surface area contributed by atoms with Crippen molar-refractivity contribution in [3.05, 3.63) is 53.7 Å². The first kappa shape index (κ1) is 16.0. The molecule has 2 N–H and O–H groups in total. The van der Waals surface area contributed by atoms with Crippen LogP contribution < -0.4 is 10.6 Å². The van der Waals surface area contributed by atoms with Gasteiger partial charge in [0.1, 0.15) is 12.4 Å². The summed E-state index contributed by atoms with van der Waals surface area (Å²) in [6.07, 6.45) is 1.50. The number of hydrogen-bond acceptors (Lipinski definition) is 4. The van der Waals surface area contributed by atoms with Crippen LogP contribution in [0.5, 0.6) is 0 Å². The lowest BCUT2D eigenvalue weighted by atomic mass is 10.1. The van der Waals surface area contributed by atoms with Crippen LogP contribution in [-0.4, -0.2) is 40.8 Å². The highest BCUT2D eigenvalue weighted by atomic mass is 16.2. The highest BCUT2D eigenvalue weighted by molar-refractivity contribution is 6.02. The number of benzene rings is 1. The predicted octanol–water partition coefficient (Wildman–Crippen LogP) is 1.85. The molecule has 1 aromatic heterocycles. The average Bonchev–Trinajstić information content (AvgIpc) is 2.56. The molecule has 0 spiro atoms. The third-order valence-electron chi connectivity index (χ3n) is 4.28. The maximum atomic E-state index is 12.7. The monoisotopic (exact) mass is 324 g/mol. The minimum Gasteiger partial charge on any atom is -0.384 e. The average molecular weight is 324 g/mol. The molecule has 6 nitrogen and oxygen atoms in total. The number of nitrogens with zero attached hydrogens (tertiary/aromatic N) is 3. The second-order valence-corrected chi connectivity index (χ2v) is 6.04. The van der Waals surface area contributed by atoms with E-state index in [-0.39, 0.29) is 24.4 Å². The number of anilines is 2. The molecular formula is C18H20N4O2. The number of nitrogen functional groups attached to an aromatic ring is 1. The van der Waals surface area contributed by atoms with Gasteiger partial charge in [-0.2, -0.15) is 0 Å². The van der Waals surface area contributed by atoms with E-state index >= 15 is 0 Å². The van der Waals surface area contributed by atoms with E-state index in [1.165, 1.54) is 12.3 Å². The summed E-state index contributed by atoms with van der Waals surface area (Å²) in [5.41, 5.74) is 8.04. The molecule has 0 radical (unpaired) electrons. The molecular weight excluding hydrogens is 304 g/mol. The largest absolute Gasteiger partial charge is 0.384 e. The predicted molar refractivity (Wildman–Crippen MR) is 92.7 cm³/mol. The van der Waals surface area contributed by atoms with Gasteiger partial charge < -0.3 is 15.5 Å². The van der Waals surface area contributed by atoms with Crippen LogP contribution in [-0.2, 0) is 4.79 Å². The first-order chi connectivity index (χ1) is 11.5. The van der Waals surface area contributed by atoms with Crippen molar-refractivity contribution in [1.29, 1.82) is 0 Å². The van der Waals surface area contributed by atoms with Crippen LogP contribution in [0.3, 0.4) is 0 Å². The number of carbonyl (C=O) groups excluding carboxylic acids is 2.